The predicted molar refractivity (Wildman–Crippen MR) is 431 cm³/mol. The number of aryl methyl sites for hydroxylation is 4. The summed E-state index contributed by atoms with van der Waals surface area (Å²) in [6, 6.07) is 94.3. The molecule has 0 saturated carbocycles. The molecule has 16 rings (SSSR count). The van der Waals surface area contributed by atoms with E-state index in [1.54, 1.807) is 0 Å². The number of carbonyl (C=O) groups is 2. The van der Waals surface area contributed by atoms with Crippen LogP contribution in [0.5, 0.6) is 0 Å². The Balaban J connectivity index is 0.000000292. The van der Waals surface area contributed by atoms with Crippen molar-refractivity contribution in [3.63, 3.8) is 0 Å². The van der Waals surface area contributed by atoms with E-state index in [0.717, 1.165) is 127 Å². The molecule has 0 atom stereocenters. The zero-order chi connectivity index (χ0) is 72.0. The van der Waals surface area contributed by atoms with Gasteiger partial charge in [-0.1, -0.05) is 205 Å². The Morgan fingerprint density at radius 3 is 0.981 bits per heavy atom. The van der Waals surface area contributed by atoms with Crippen molar-refractivity contribution in [2.24, 2.45) is 0 Å². The summed E-state index contributed by atoms with van der Waals surface area (Å²) in [6.45, 7) is 13.4. The monoisotopic (exact) mass is 1490 g/mol. The van der Waals surface area contributed by atoms with Crippen LogP contribution < -0.4 is 9.80 Å². The second kappa shape index (κ2) is 28.6. The van der Waals surface area contributed by atoms with Gasteiger partial charge in [0, 0.05) is 89.0 Å². The van der Waals surface area contributed by atoms with Gasteiger partial charge in [-0.05, 0) is 215 Å². The lowest BCUT2D eigenvalue weighted by atomic mass is 9.82. The van der Waals surface area contributed by atoms with Crippen LogP contribution in [0.2, 0.25) is 0 Å². The van der Waals surface area contributed by atoms with E-state index in [9.17, 15) is 9.59 Å². The van der Waals surface area contributed by atoms with Crippen molar-refractivity contribution in [1.29, 1.82) is 0 Å². The molecular weight excluding hydrogens is 1410 g/mol. The Bertz CT molecular complexity index is 5610. The van der Waals surface area contributed by atoms with Gasteiger partial charge in [-0.15, -0.1) is 0 Å². The number of hydrogen-bond donors (Lipinski definition) is 0. The molecule has 0 saturated heterocycles. The van der Waals surface area contributed by atoms with Gasteiger partial charge >= 0.3 is 11.9 Å². The van der Waals surface area contributed by atoms with E-state index in [-0.39, 0.29) is 22.8 Å². The molecule has 0 bridgehead atoms. The van der Waals surface area contributed by atoms with E-state index in [1.807, 2.05) is 30.3 Å². The predicted octanol–water partition coefficient (Wildman–Crippen LogP) is 23.8. The molecule has 0 unspecified atom stereocenters. The summed E-state index contributed by atoms with van der Waals surface area (Å²) in [6.07, 6.45) is 1.84. The van der Waals surface area contributed by atoms with E-state index in [0.29, 0.717) is 25.7 Å². The van der Waals surface area contributed by atoms with Crippen LogP contribution in [-0.4, -0.2) is 46.1 Å². The summed E-state index contributed by atoms with van der Waals surface area (Å²) in [5.41, 5.74) is 31.3. The molecule has 2 aromatic heterocycles. The fourth-order valence-electron chi connectivity index (χ4n) is 14.8. The largest absolute Gasteiger partial charge is 0.469 e. The van der Waals surface area contributed by atoms with Crippen LogP contribution in [-0.2, 0) is 42.7 Å². The highest BCUT2D eigenvalue weighted by atomic mass is 79.9. The van der Waals surface area contributed by atoms with Gasteiger partial charge in [-0.2, -0.15) is 0 Å². The Kier molecular flexibility index (Phi) is 18.8. The summed E-state index contributed by atoms with van der Waals surface area (Å²) < 4.78 is 12.0. The summed E-state index contributed by atoms with van der Waals surface area (Å²) in [7, 11) is 2.86. The third-order valence-corrected chi connectivity index (χ3v) is 21.5. The molecule has 0 aliphatic heterocycles. The van der Waals surface area contributed by atoms with Gasteiger partial charge in [0.1, 0.15) is 0 Å². The highest BCUT2D eigenvalue weighted by molar-refractivity contribution is 9.10. The number of halogens is 2. The highest BCUT2D eigenvalue weighted by Gasteiger charge is 2.37. The standard InChI is InChI=1S/C71H62N4O4.C21H14Br2N2/c1-45-16-39-64-65(42-45)73-69(49-25-33-53(34-26-49)75(51-29-19-47(20-30-51)22-41-67(77)79-7)55-36-38-59-57-13-9-11-15-61(57)71(4,5)63(59)44-55)68(72-64)48-23-31-52(32-24-48)74(50-27-17-46(18-28-50)21-40-66(76)78-6)54-35-37-58-56-12-8-10-14-60(56)70(2,3)62(58)43-54;1-13-2-11-18-19(12-13)25-21(15-5-9-17(23)10-6-15)20(24-18)14-3-7-16(22)8-4-14/h8-20,23-39,42-44H,21-22,40-41H2,1-7H3;2-12H,1H3. The smallest absolute Gasteiger partial charge is 0.305 e. The first-order valence-corrected chi connectivity index (χ1v) is 36.7. The summed E-state index contributed by atoms with van der Waals surface area (Å²) in [5, 5.41) is 0. The van der Waals surface area contributed by atoms with Gasteiger partial charge in [-0.25, -0.2) is 19.9 Å². The molecule has 2 aliphatic carbocycles. The molecule has 12 aromatic carbocycles. The van der Waals surface area contributed by atoms with Crippen LogP contribution in [0.25, 0.3) is 89.4 Å². The molecule has 0 fully saturated rings. The van der Waals surface area contributed by atoms with Crippen molar-refractivity contribution in [3.8, 4) is 67.3 Å². The topological polar surface area (TPSA) is 111 Å². The Morgan fingerprint density at radius 1 is 0.337 bits per heavy atom. The number of ether oxygens (including phenoxy) is 2. The molecule has 0 N–H and O–H groups in total. The number of hydrogen-bond acceptors (Lipinski definition) is 10. The van der Waals surface area contributed by atoms with Crippen LogP contribution in [0.1, 0.15) is 85.0 Å². The zero-order valence-corrected chi connectivity index (χ0v) is 62.5. The lowest BCUT2D eigenvalue weighted by Crippen LogP contribution is -2.16. The quantitative estimate of drug-likeness (QED) is 0.0867. The Morgan fingerprint density at radius 2 is 0.635 bits per heavy atom. The Hall–Kier alpha value is -11.2. The van der Waals surface area contributed by atoms with Crippen LogP contribution in [0.3, 0.4) is 0 Å². The van der Waals surface area contributed by atoms with Crippen molar-refractivity contribution >= 4 is 100.0 Å². The minimum atomic E-state index is -0.222. The van der Waals surface area contributed by atoms with Gasteiger partial charge in [0.15, 0.2) is 0 Å². The molecule has 0 amide bonds. The van der Waals surface area contributed by atoms with E-state index in [2.05, 4.69) is 320 Å². The molecule has 0 radical (unpaired) electrons. The normalized spacial score (nSPS) is 12.7. The van der Waals surface area contributed by atoms with E-state index in [4.69, 9.17) is 29.4 Å². The second-order valence-electron chi connectivity index (χ2n) is 27.9. The average molecular weight is 1490 g/mol. The van der Waals surface area contributed by atoms with Crippen molar-refractivity contribution < 1.29 is 19.1 Å². The molecule has 512 valence electrons. The molecular formula is C92H76Br2N6O4. The van der Waals surface area contributed by atoms with Crippen molar-refractivity contribution in [1.82, 2.24) is 19.9 Å². The molecule has 14 aromatic rings. The van der Waals surface area contributed by atoms with Gasteiger partial charge in [-0.3, -0.25) is 9.59 Å². The minimum absolute atomic E-state index is 0.180. The SMILES string of the molecule is COC(=O)CCc1ccc(N(c2ccc(-c3nc4ccc(C)cc4nc3-c3ccc(N(c4ccc(CCC(=O)OC)cc4)c4ccc5c(c4)C(C)(C)c4ccccc4-5)cc3)cc2)c2ccc3c(c2)C(C)(C)c2ccccc2-3)cc1.Cc1ccc2nc(-c3ccc(Br)cc3)c(-c3ccc(Br)cc3)nc2c1. The molecule has 0 spiro atoms. The van der Waals surface area contributed by atoms with Crippen LogP contribution in [0, 0.1) is 13.8 Å². The lowest BCUT2D eigenvalue weighted by Gasteiger charge is -2.28. The number of rotatable bonds is 16. The van der Waals surface area contributed by atoms with E-state index >= 15 is 0 Å². The summed E-state index contributed by atoms with van der Waals surface area (Å²) >= 11 is 6.99. The van der Waals surface area contributed by atoms with Gasteiger partial charge in [0.05, 0.1) is 59.1 Å². The van der Waals surface area contributed by atoms with E-state index < -0.39 is 0 Å². The minimum Gasteiger partial charge on any atom is -0.469 e. The molecule has 2 heterocycles. The number of nitrogens with zero attached hydrogens (tertiary/aromatic N) is 6. The maximum Gasteiger partial charge on any atom is 0.305 e. The third kappa shape index (κ3) is 13.5. The fraction of sp³-hybridized carbons (Fsp3) is 0.152. The number of methoxy groups -OCH3 is 2. The molecule has 10 nitrogen and oxygen atoms in total. The number of aromatic nitrogens is 4. The number of esters is 2. The van der Waals surface area contributed by atoms with Crippen molar-refractivity contribution in [2.75, 3.05) is 24.0 Å². The van der Waals surface area contributed by atoms with Crippen LogP contribution >= 0.6 is 31.9 Å². The number of benzene rings is 12. The molecule has 2 aliphatic rings. The van der Waals surface area contributed by atoms with Gasteiger partial charge in [0.25, 0.3) is 0 Å². The number of carbonyl (C=O) groups excluding carboxylic acids is 2. The molecule has 12 heteroatoms. The summed E-state index contributed by atoms with van der Waals surface area (Å²) in [5.74, 6) is -0.443. The first-order valence-electron chi connectivity index (χ1n) is 35.1. The summed E-state index contributed by atoms with van der Waals surface area (Å²) in [4.78, 5) is 49.4. The van der Waals surface area contributed by atoms with E-state index in [1.165, 1.54) is 64.3 Å². The second-order valence-corrected chi connectivity index (χ2v) is 29.7. The van der Waals surface area contributed by atoms with Gasteiger partial charge in [0.2, 0.25) is 0 Å². The molecule has 104 heavy (non-hydrogen) atoms. The van der Waals surface area contributed by atoms with Crippen LogP contribution in [0.4, 0.5) is 34.1 Å². The Labute approximate surface area is 624 Å². The average Bonchev–Trinajstić information content (AvgIpc) is 1.52. The van der Waals surface area contributed by atoms with Gasteiger partial charge < -0.3 is 19.3 Å². The first kappa shape index (κ1) is 68.6. The van der Waals surface area contributed by atoms with Crippen molar-refractivity contribution in [3.05, 3.63) is 320 Å². The number of fused-ring (bicyclic) bond motifs is 8. The van der Waals surface area contributed by atoms with Crippen molar-refractivity contribution in [2.45, 2.75) is 78.1 Å². The maximum atomic E-state index is 12.1. The zero-order valence-electron chi connectivity index (χ0n) is 59.3. The van der Waals surface area contributed by atoms with Crippen LogP contribution in [0.15, 0.2) is 276 Å². The highest BCUT2D eigenvalue weighted by Crippen LogP contribution is 2.53. The maximum absolute atomic E-state index is 12.1. The lowest BCUT2D eigenvalue weighted by molar-refractivity contribution is -0.141. The fourth-order valence-corrected chi connectivity index (χ4v) is 15.3. The number of anilines is 6. The third-order valence-electron chi connectivity index (χ3n) is 20.4. The first-order chi connectivity index (χ1) is 50.4.